The Morgan fingerprint density at radius 1 is 1.29 bits per heavy atom. The monoisotopic (exact) mass is 323 g/mol. The fraction of sp³-hybridized carbons (Fsp3) is 0.278. The van der Waals surface area contributed by atoms with Gasteiger partial charge in [-0.05, 0) is 18.9 Å². The minimum atomic E-state index is -0.0963. The van der Waals surface area contributed by atoms with E-state index in [9.17, 15) is 4.79 Å². The summed E-state index contributed by atoms with van der Waals surface area (Å²) in [5.41, 5.74) is 3.33. The zero-order chi connectivity index (χ0) is 16.9. The number of aromatic nitrogens is 4. The molecular weight excluding hydrogens is 302 g/mol. The van der Waals surface area contributed by atoms with E-state index in [1.54, 1.807) is 27.8 Å². The molecular formula is C18H21N5O. The number of hydrogen-bond acceptors (Lipinski definition) is 3. The maximum atomic E-state index is 12.2. The molecule has 0 aliphatic rings. The van der Waals surface area contributed by atoms with E-state index >= 15 is 0 Å². The number of rotatable bonds is 6. The Hall–Kier alpha value is -2.89. The molecule has 3 rings (SSSR count). The molecule has 0 fully saturated rings. The van der Waals surface area contributed by atoms with Crippen LogP contribution in [0.3, 0.4) is 0 Å². The summed E-state index contributed by atoms with van der Waals surface area (Å²) >= 11 is 0. The van der Waals surface area contributed by atoms with Gasteiger partial charge in [0.2, 0.25) is 5.91 Å². The van der Waals surface area contributed by atoms with Crippen LogP contribution in [0.5, 0.6) is 0 Å². The number of aryl methyl sites for hydroxylation is 2. The molecule has 1 N–H and O–H groups in total. The minimum Gasteiger partial charge on any atom is -0.328 e. The molecule has 0 saturated heterocycles. The van der Waals surface area contributed by atoms with Crippen LogP contribution in [0.2, 0.25) is 0 Å². The number of imidazole rings is 1. The van der Waals surface area contributed by atoms with E-state index < -0.39 is 0 Å². The molecule has 6 nitrogen and oxygen atoms in total. The molecule has 124 valence electrons. The van der Waals surface area contributed by atoms with Gasteiger partial charge in [0, 0.05) is 12.3 Å². The van der Waals surface area contributed by atoms with Gasteiger partial charge in [-0.15, -0.1) is 0 Å². The van der Waals surface area contributed by atoms with Crippen LogP contribution in [0.1, 0.15) is 23.7 Å². The van der Waals surface area contributed by atoms with E-state index in [1.165, 1.54) is 5.56 Å². The van der Waals surface area contributed by atoms with Crippen molar-refractivity contribution in [2.45, 2.75) is 33.4 Å². The first-order valence-electron chi connectivity index (χ1n) is 8.02. The average Bonchev–Trinajstić information content (AvgIpc) is 3.17. The van der Waals surface area contributed by atoms with E-state index in [0.717, 1.165) is 17.7 Å². The van der Waals surface area contributed by atoms with Crippen molar-refractivity contribution in [2.24, 2.45) is 0 Å². The molecule has 0 aliphatic carbocycles. The summed E-state index contributed by atoms with van der Waals surface area (Å²) in [6, 6.07) is 10.1. The van der Waals surface area contributed by atoms with Crippen LogP contribution in [0.15, 0.2) is 49.1 Å². The van der Waals surface area contributed by atoms with Crippen molar-refractivity contribution in [3.05, 3.63) is 65.9 Å². The van der Waals surface area contributed by atoms with Crippen LogP contribution in [0, 0.1) is 6.92 Å². The number of nitrogens with zero attached hydrogens (tertiary/aromatic N) is 4. The summed E-state index contributed by atoms with van der Waals surface area (Å²) in [5.74, 6) is 0.596. The zero-order valence-corrected chi connectivity index (χ0v) is 13.9. The van der Waals surface area contributed by atoms with Crippen molar-refractivity contribution in [3.8, 4) is 0 Å². The van der Waals surface area contributed by atoms with E-state index in [1.807, 2.05) is 19.2 Å². The van der Waals surface area contributed by atoms with Gasteiger partial charge in [0.1, 0.15) is 12.4 Å². The van der Waals surface area contributed by atoms with Crippen LogP contribution in [-0.4, -0.2) is 25.2 Å². The van der Waals surface area contributed by atoms with Gasteiger partial charge in [0.15, 0.2) is 0 Å². The van der Waals surface area contributed by atoms with E-state index in [4.69, 9.17) is 0 Å². The Kier molecular flexibility index (Phi) is 4.74. The second kappa shape index (κ2) is 7.12. The molecule has 24 heavy (non-hydrogen) atoms. The van der Waals surface area contributed by atoms with Gasteiger partial charge in [-0.3, -0.25) is 4.79 Å². The quantitative estimate of drug-likeness (QED) is 0.758. The predicted molar refractivity (Wildman–Crippen MR) is 92.7 cm³/mol. The Morgan fingerprint density at radius 2 is 2.17 bits per heavy atom. The standard InChI is InChI=1S/C18H21N5O/c1-3-16-11-22(13-19-16)12-18(24)21-17-7-8-20-23(17)10-15-6-4-5-14(2)9-15/h4-9,11,13H,3,10,12H2,1-2H3,(H,21,24). The van der Waals surface area contributed by atoms with Gasteiger partial charge in [-0.2, -0.15) is 5.10 Å². The predicted octanol–water partition coefficient (Wildman–Crippen LogP) is 2.64. The molecule has 0 radical (unpaired) electrons. The lowest BCUT2D eigenvalue weighted by molar-refractivity contribution is -0.116. The summed E-state index contributed by atoms with van der Waals surface area (Å²) in [4.78, 5) is 16.5. The Bertz CT molecular complexity index is 833. The number of carbonyl (C=O) groups is 1. The van der Waals surface area contributed by atoms with Gasteiger partial charge in [-0.1, -0.05) is 36.8 Å². The van der Waals surface area contributed by atoms with Crippen molar-refractivity contribution < 1.29 is 4.79 Å². The number of benzene rings is 1. The van der Waals surface area contributed by atoms with Crippen molar-refractivity contribution >= 4 is 11.7 Å². The van der Waals surface area contributed by atoms with Crippen LogP contribution in [0.25, 0.3) is 0 Å². The number of nitrogens with one attached hydrogen (secondary N) is 1. The molecule has 2 heterocycles. The summed E-state index contributed by atoms with van der Waals surface area (Å²) < 4.78 is 3.58. The number of carbonyl (C=O) groups excluding carboxylic acids is 1. The molecule has 2 aromatic heterocycles. The van der Waals surface area contributed by atoms with Crippen molar-refractivity contribution in [3.63, 3.8) is 0 Å². The fourth-order valence-electron chi connectivity index (χ4n) is 2.57. The summed E-state index contributed by atoms with van der Waals surface area (Å²) in [6.45, 7) is 4.96. The summed E-state index contributed by atoms with van der Waals surface area (Å²) in [5, 5.41) is 7.22. The average molecular weight is 323 g/mol. The van der Waals surface area contributed by atoms with Gasteiger partial charge < -0.3 is 9.88 Å². The first-order chi connectivity index (χ1) is 11.6. The lowest BCUT2D eigenvalue weighted by Gasteiger charge is -2.10. The van der Waals surface area contributed by atoms with Crippen LogP contribution in [0.4, 0.5) is 5.82 Å². The molecule has 0 atom stereocenters. The molecule has 3 aromatic rings. The lowest BCUT2D eigenvalue weighted by Crippen LogP contribution is -2.20. The SMILES string of the molecule is CCc1cn(CC(=O)Nc2ccnn2Cc2cccc(C)c2)cn1. The van der Waals surface area contributed by atoms with Gasteiger partial charge in [0.05, 0.1) is 24.8 Å². The van der Waals surface area contributed by atoms with Crippen molar-refractivity contribution in [1.29, 1.82) is 0 Å². The molecule has 0 aliphatic heterocycles. The third-order valence-electron chi connectivity index (χ3n) is 3.77. The fourth-order valence-corrected chi connectivity index (χ4v) is 2.57. The van der Waals surface area contributed by atoms with Crippen LogP contribution < -0.4 is 5.32 Å². The third kappa shape index (κ3) is 3.90. The molecule has 1 amide bonds. The highest BCUT2D eigenvalue weighted by molar-refractivity contribution is 5.89. The van der Waals surface area contributed by atoms with Crippen molar-refractivity contribution in [1.82, 2.24) is 19.3 Å². The van der Waals surface area contributed by atoms with Crippen LogP contribution >= 0.6 is 0 Å². The van der Waals surface area contributed by atoms with Crippen LogP contribution in [-0.2, 0) is 24.3 Å². The first kappa shape index (κ1) is 16.0. The highest BCUT2D eigenvalue weighted by Gasteiger charge is 2.09. The molecule has 0 saturated carbocycles. The zero-order valence-electron chi connectivity index (χ0n) is 13.9. The highest BCUT2D eigenvalue weighted by Crippen LogP contribution is 2.11. The van der Waals surface area contributed by atoms with Crippen molar-refractivity contribution in [2.75, 3.05) is 5.32 Å². The second-order valence-electron chi connectivity index (χ2n) is 5.80. The minimum absolute atomic E-state index is 0.0963. The first-order valence-corrected chi connectivity index (χ1v) is 8.02. The molecule has 0 bridgehead atoms. The van der Waals surface area contributed by atoms with Gasteiger partial charge in [0.25, 0.3) is 0 Å². The third-order valence-corrected chi connectivity index (χ3v) is 3.77. The smallest absolute Gasteiger partial charge is 0.245 e. The second-order valence-corrected chi connectivity index (χ2v) is 5.80. The molecule has 0 unspecified atom stereocenters. The van der Waals surface area contributed by atoms with E-state index in [0.29, 0.717) is 12.4 Å². The topological polar surface area (TPSA) is 64.7 Å². The molecule has 1 aromatic carbocycles. The Labute approximate surface area is 141 Å². The number of anilines is 1. The largest absolute Gasteiger partial charge is 0.328 e. The molecule has 0 spiro atoms. The summed E-state index contributed by atoms with van der Waals surface area (Å²) in [6.07, 6.45) is 6.13. The number of amides is 1. The van der Waals surface area contributed by atoms with Gasteiger partial charge >= 0.3 is 0 Å². The van der Waals surface area contributed by atoms with E-state index in [-0.39, 0.29) is 12.5 Å². The molecule has 6 heteroatoms. The maximum absolute atomic E-state index is 12.2. The lowest BCUT2D eigenvalue weighted by atomic mass is 10.1. The normalized spacial score (nSPS) is 10.8. The maximum Gasteiger partial charge on any atom is 0.245 e. The Balaban J connectivity index is 1.65. The van der Waals surface area contributed by atoms with Gasteiger partial charge in [-0.25, -0.2) is 9.67 Å². The highest BCUT2D eigenvalue weighted by atomic mass is 16.2. The Morgan fingerprint density at radius 3 is 2.92 bits per heavy atom. The van der Waals surface area contributed by atoms with E-state index in [2.05, 4.69) is 40.5 Å². The number of hydrogen-bond donors (Lipinski definition) is 1. The summed E-state index contributed by atoms with van der Waals surface area (Å²) in [7, 11) is 0.